The van der Waals surface area contributed by atoms with E-state index in [1.807, 2.05) is 0 Å². The number of rotatable bonds is 0. The predicted molar refractivity (Wildman–Crippen MR) is 55.0 cm³/mol. The second kappa shape index (κ2) is 10.5. The van der Waals surface area contributed by atoms with Crippen LogP contribution in [0, 0.1) is 0 Å². The first-order valence-corrected chi connectivity index (χ1v) is 5.15. The summed E-state index contributed by atoms with van der Waals surface area (Å²) in [5, 5.41) is 0. The number of ether oxygens (including phenoxy) is 2. The van der Waals surface area contributed by atoms with E-state index in [1.54, 1.807) is 0 Å². The lowest BCUT2D eigenvalue weighted by atomic mass is 10.4. The zero-order valence-electron chi connectivity index (χ0n) is 8.96. The number of primary amides is 1. The van der Waals surface area contributed by atoms with E-state index in [-0.39, 0.29) is 5.91 Å². The summed E-state index contributed by atoms with van der Waals surface area (Å²) in [7, 11) is 0. The van der Waals surface area contributed by atoms with Crippen molar-refractivity contribution >= 4 is 5.91 Å². The molecule has 2 aliphatic rings. The standard InChI is InChI=1S/2C4H8O.C2H5NO/c2*1-2-4-5-3-1;1-2(3)4/h2*1-4H2;1H3,(H2,3,4). The molecule has 2 rings (SSSR count). The molecule has 0 atom stereocenters. The van der Waals surface area contributed by atoms with E-state index in [2.05, 4.69) is 5.73 Å². The van der Waals surface area contributed by atoms with Crippen molar-refractivity contribution in [3.63, 3.8) is 0 Å². The molecule has 0 aromatic rings. The lowest BCUT2D eigenvalue weighted by molar-refractivity contribution is -0.115. The lowest BCUT2D eigenvalue weighted by Crippen LogP contribution is -2.01. The van der Waals surface area contributed by atoms with Gasteiger partial charge in [0, 0.05) is 33.4 Å². The third kappa shape index (κ3) is 13.9. The smallest absolute Gasteiger partial charge is 0.214 e. The highest BCUT2D eigenvalue weighted by Crippen LogP contribution is 1.98. The Labute approximate surface area is 85.8 Å². The van der Waals surface area contributed by atoms with Crippen LogP contribution in [0.25, 0.3) is 0 Å². The van der Waals surface area contributed by atoms with Crippen LogP contribution in [-0.4, -0.2) is 32.3 Å². The lowest BCUT2D eigenvalue weighted by Gasteiger charge is -1.76. The van der Waals surface area contributed by atoms with Gasteiger partial charge in [-0.05, 0) is 25.7 Å². The van der Waals surface area contributed by atoms with Crippen LogP contribution in [0.5, 0.6) is 0 Å². The van der Waals surface area contributed by atoms with Gasteiger partial charge in [0.1, 0.15) is 0 Å². The zero-order valence-corrected chi connectivity index (χ0v) is 8.96. The van der Waals surface area contributed by atoms with Gasteiger partial charge in [-0.1, -0.05) is 0 Å². The van der Waals surface area contributed by atoms with Crippen molar-refractivity contribution in [2.75, 3.05) is 26.4 Å². The van der Waals surface area contributed by atoms with E-state index in [1.165, 1.54) is 32.6 Å². The molecule has 1 amide bonds. The predicted octanol–water partition coefficient (Wildman–Crippen LogP) is 1.09. The van der Waals surface area contributed by atoms with Gasteiger partial charge in [-0.15, -0.1) is 0 Å². The van der Waals surface area contributed by atoms with Crippen LogP contribution in [0.3, 0.4) is 0 Å². The van der Waals surface area contributed by atoms with Gasteiger partial charge in [-0.3, -0.25) is 4.79 Å². The summed E-state index contributed by atoms with van der Waals surface area (Å²) < 4.78 is 9.89. The molecule has 2 fully saturated rings. The van der Waals surface area contributed by atoms with Crippen molar-refractivity contribution in [3.8, 4) is 0 Å². The van der Waals surface area contributed by atoms with Gasteiger partial charge in [0.05, 0.1) is 0 Å². The Balaban J connectivity index is 0.000000183. The van der Waals surface area contributed by atoms with Crippen molar-refractivity contribution in [2.45, 2.75) is 32.6 Å². The summed E-state index contributed by atoms with van der Waals surface area (Å²) in [4.78, 5) is 9.22. The highest BCUT2D eigenvalue weighted by molar-refractivity contribution is 5.70. The molecule has 2 heterocycles. The summed E-state index contributed by atoms with van der Waals surface area (Å²) in [5.74, 6) is -0.333. The molecule has 2 saturated heterocycles. The van der Waals surface area contributed by atoms with E-state index < -0.39 is 0 Å². The van der Waals surface area contributed by atoms with Gasteiger partial charge >= 0.3 is 0 Å². The summed E-state index contributed by atoms with van der Waals surface area (Å²) in [6.45, 7) is 5.31. The molecule has 0 bridgehead atoms. The Bertz CT molecular complexity index is 102. The average Bonchev–Trinajstić information content (AvgIpc) is 2.83. The molecule has 0 aromatic heterocycles. The maximum Gasteiger partial charge on any atom is 0.214 e. The van der Waals surface area contributed by atoms with Crippen LogP contribution >= 0.6 is 0 Å². The van der Waals surface area contributed by atoms with E-state index in [4.69, 9.17) is 9.47 Å². The van der Waals surface area contributed by atoms with E-state index in [0.29, 0.717) is 0 Å². The molecule has 84 valence electrons. The van der Waals surface area contributed by atoms with Crippen molar-refractivity contribution in [3.05, 3.63) is 0 Å². The van der Waals surface area contributed by atoms with Gasteiger partial charge in [0.2, 0.25) is 5.91 Å². The van der Waals surface area contributed by atoms with Gasteiger partial charge in [-0.2, -0.15) is 0 Å². The Morgan fingerprint density at radius 3 is 1.21 bits per heavy atom. The van der Waals surface area contributed by atoms with Gasteiger partial charge < -0.3 is 15.2 Å². The molecule has 14 heavy (non-hydrogen) atoms. The largest absolute Gasteiger partial charge is 0.381 e. The number of hydrogen-bond acceptors (Lipinski definition) is 3. The molecule has 0 aliphatic carbocycles. The molecule has 0 saturated carbocycles. The second-order valence-electron chi connectivity index (χ2n) is 3.25. The quantitative estimate of drug-likeness (QED) is 0.641. The first kappa shape index (κ1) is 13.4. The van der Waals surface area contributed by atoms with Gasteiger partial charge in [0.25, 0.3) is 0 Å². The zero-order chi connectivity index (χ0) is 10.6. The monoisotopic (exact) mass is 203 g/mol. The Hall–Kier alpha value is -0.610. The average molecular weight is 203 g/mol. The van der Waals surface area contributed by atoms with Crippen molar-refractivity contribution in [2.24, 2.45) is 5.73 Å². The van der Waals surface area contributed by atoms with Crippen LogP contribution in [0.4, 0.5) is 0 Å². The fourth-order valence-corrected chi connectivity index (χ4v) is 1.02. The molecule has 0 radical (unpaired) electrons. The summed E-state index contributed by atoms with van der Waals surface area (Å²) in [6, 6.07) is 0. The molecule has 2 aliphatic heterocycles. The SMILES string of the molecule is C1CCOC1.C1CCOC1.CC(N)=O. The topological polar surface area (TPSA) is 61.6 Å². The first-order chi connectivity index (χ1) is 6.73. The number of amides is 1. The minimum atomic E-state index is -0.333. The minimum absolute atomic E-state index is 0.333. The molecule has 0 aromatic carbocycles. The highest BCUT2D eigenvalue weighted by atomic mass is 16.5. The summed E-state index contributed by atoms with van der Waals surface area (Å²) in [5.41, 5.74) is 4.47. The Morgan fingerprint density at radius 2 is 1.14 bits per heavy atom. The summed E-state index contributed by atoms with van der Waals surface area (Å²) in [6.07, 6.45) is 5.11. The van der Waals surface area contributed by atoms with E-state index in [0.717, 1.165) is 26.4 Å². The number of carbonyl (C=O) groups is 1. The molecule has 4 nitrogen and oxygen atoms in total. The minimum Gasteiger partial charge on any atom is -0.381 e. The molecular weight excluding hydrogens is 182 g/mol. The van der Waals surface area contributed by atoms with Crippen molar-refractivity contribution in [1.29, 1.82) is 0 Å². The third-order valence-corrected chi connectivity index (χ3v) is 1.65. The second-order valence-corrected chi connectivity index (χ2v) is 3.25. The Morgan fingerprint density at radius 1 is 0.929 bits per heavy atom. The number of nitrogens with two attached hydrogens (primary N) is 1. The summed E-state index contributed by atoms with van der Waals surface area (Å²) >= 11 is 0. The van der Waals surface area contributed by atoms with Crippen LogP contribution < -0.4 is 5.73 Å². The molecule has 0 spiro atoms. The third-order valence-electron chi connectivity index (χ3n) is 1.65. The van der Waals surface area contributed by atoms with Gasteiger partial charge in [-0.25, -0.2) is 0 Å². The fraction of sp³-hybridized carbons (Fsp3) is 0.900. The maximum absolute atomic E-state index is 9.22. The normalized spacial score (nSPS) is 18.9. The van der Waals surface area contributed by atoms with Crippen LogP contribution in [-0.2, 0) is 14.3 Å². The van der Waals surface area contributed by atoms with Crippen molar-refractivity contribution < 1.29 is 14.3 Å². The highest BCUT2D eigenvalue weighted by Gasteiger charge is 1.95. The Kier molecular flexibility index (Phi) is 10.0. The van der Waals surface area contributed by atoms with Crippen molar-refractivity contribution in [1.82, 2.24) is 0 Å². The van der Waals surface area contributed by atoms with Crippen LogP contribution in [0.1, 0.15) is 32.6 Å². The molecular formula is C10H21NO3. The van der Waals surface area contributed by atoms with Gasteiger partial charge in [0.15, 0.2) is 0 Å². The van der Waals surface area contributed by atoms with Crippen LogP contribution in [0.15, 0.2) is 0 Å². The fourth-order valence-electron chi connectivity index (χ4n) is 1.02. The maximum atomic E-state index is 9.22. The van der Waals surface area contributed by atoms with E-state index >= 15 is 0 Å². The van der Waals surface area contributed by atoms with E-state index in [9.17, 15) is 4.79 Å². The molecule has 0 unspecified atom stereocenters. The molecule has 4 heteroatoms. The number of carbonyl (C=O) groups excluding carboxylic acids is 1. The van der Waals surface area contributed by atoms with Crippen LogP contribution in [0.2, 0.25) is 0 Å². The first-order valence-electron chi connectivity index (χ1n) is 5.15. The molecule has 2 N–H and O–H groups in total. The number of hydrogen-bond donors (Lipinski definition) is 1.